The van der Waals surface area contributed by atoms with Gasteiger partial charge >= 0.3 is 6.09 Å². The minimum absolute atomic E-state index is 0.165. The highest BCUT2D eigenvalue weighted by atomic mass is 16.6. The van der Waals surface area contributed by atoms with Crippen molar-refractivity contribution in [2.45, 2.75) is 98.5 Å². The summed E-state index contributed by atoms with van der Waals surface area (Å²) in [7, 11) is 0. The third-order valence-electron chi connectivity index (χ3n) is 6.53. The average Bonchev–Trinajstić information content (AvgIpc) is 3.35. The van der Waals surface area contributed by atoms with E-state index in [0.29, 0.717) is 11.8 Å². The highest BCUT2D eigenvalue weighted by Gasteiger charge is 2.53. The summed E-state index contributed by atoms with van der Waals surface area (Å²) in [6.45, 7) is 13.6. The van der Waals surface area contributed by atoms with Crippen LogP contribution in [0.5, 0.6) is 0 Å². The van der Waals surface area contributed by atoms with Crippen LogP contribution < -0.4 is 0 Å². The molecule has 2 rings (SSSR count). The minimum atomic E-state index is -0.430. The molecule has 0 aromatic carbocycles. The van der Waals surface area contributed by atoms with Crippen LogP contribution in [0.25, 0.3) is 0 Å². The van der Waals surface area contributed by atoms with Crippen molar-refractivity contribution >= 4 is 11.9 Å². The van der Waals surface area contributed by atoms with Crippen LogP contribution in [0.1, 0.15) is 92.9 Å². The van der Waals surface area contributed by atoms with Gasteiger partial charge in [-0.15, -0.1) is 0 Å². The first-order valence-electron chi connectivity index (χ1n) is 11.4. The number of nitrogens with zero attached hydrogens (tertiary/aromatic N) is 1. The molecular formula is C25H41NO3. The first-order valence-corrected chi connectivity index (χ1v) is 11.4. The van der Waals surface area contributed by atoms with E-state index in [1.54, 1.807) is 6.08 Å². The van der Waals surface area contributed by atoms with Crippen molar-refractivity contribution in [1.29, 1.82) is 0 Å². The summed E-state index contributed by atoms with van der Waals surface area (Å²) in [6.07, 6.45) is 12.2. The van der Waals surface area contributed by atoms with Crippen LogP contribution in [-0.4, -0.2) is 35.5 Å². The lowest BCUT2D eigenvalue weighted by atomic mass is 9.92. The van der Waals surface area contributed by atoms with E-state index < -0.39 is 5.60 Å². The molecule has 1 amide bonds. The molecule has 1 aliphatic carbocycles. The highest BCUT2D eigenvalue weighted by Crippen LogP contribution is 2.61. The molecule has 4 nitrogen and oxygen atoms in total. The van der Waals surface area contributed by atoms with Gasteiger partial charge in [-0.1, -0.05) is 23.6 Å². The van der Waals surface area contributed by atoms with Gasteiger partial charge in [0.25, 0.3) is 0 Å². The van der Waals surface area contributed by atoms with Gasteiger partial charge < -0.3 is 9.64 Å². The van der Waals surface area contributed by atoms with Crippen LogP contribution in [0.3, 0.4) is 0 Å². The quantitative estimate of drug-likeness (QED) is 0.278. The first kappa shape index (κ1) is 23.7. The van der Waals surface area contributed by atoms with E-state index in [1.165, 1.54) is 30.4 Å². The van der Waals surface area contributed by atoms with Crippen LogP contribution in [0.4, 0.5) is 4.79 Å². The van der Waals surface area contributed by atoms with E-state index in [0.717, 1.165) is 44.7 Å². The molecule has 1 heterocycles. The second-order valence-corrected chi connectivity index (χ2v) is 10.3. The molecular weight excluding hydrogens is 362 g/mol. The highest BCUT2D eigenvalue weighted by molar-refractivity contribution is 5.90. The Hall–Kier alpha value is -1.58. The van der Waals surface area contributed by atoms with Gasteiger partial charge in [-0.25, -0.2) is 4.79 Å². The van der Waals surface area contributed by atoms with Gasteiger partial charge in [0.2, 0.25) is 0 Å². The number of hydrogen-bond donors (Lipinski definition) is 0. The van der Waals surface area contributed by atoms with Crippen LogP contribution in [-0.2, 0) is 9.53 Å². The lowest BCUT2D eigenvalue weighted by Gasteiger charge is -2.26. The standard InChI is InChI=1S/C25H41NO3/c1-19(2)20(3)12-13-22(27)11-8-7-10-21-18-25(21)14-9-16-26(17-15-25)23(28)29-24(4,5)6/h12-13,21H,7-11,14-18H2,1-6H3. The number of ketones is 1. The Morgan fingerprint density at radius 2 is 1.79 bits per heavy atom. The number of unbranched alkanes of at least 4 members (excludes halogenated alkanes) is 1. The maximum atomic E-state index is 12.4. The van der Waals surface area contributed by atoms with Crippen molar-refractivity contribution in [3.63, 3.8) is 0 Å². The zero-order valence-electron chi connectivity index (χ0n) is 19.5. The predicted octanol–water partition coefficient (Wildman–Crippen LogP) is 6.46. The van der Waals surface area contributed by atoms with Crippen LogP contribution >= 0.6 is 0 Å². The smallest absolute Gasteiger partial charge is 0.410 e. The largest absolute Gasteiger partial charge is 0.444 e. The number of likely N-dealkylation sites (tertiary alicyclic amines) is 1. The Balaban J connectivity index is 1.68. The molecule has 0 aromatic rings. The number of amides is 1. The van der Waals surface area contributed by atoms with Crippen molar-refractivity contribution in [1.82, 2.24) is 4.90 Å². The Morgan fingerprint density at radius 3 is 2.45 bits per heavy atom. The van der Waals surface area contributed by atoms with E-state index in [1.807, 2.05) is 38.7 Å². The molecule has 0 radical (unpaired) electrons. The Kier molecular flexibility index (Phi) is 8.13. The summed E-state index contributed by atoms with van der Waals surface area (Å²) in [6, 6.07) is 0. The van der Waals surface area contributed by atoms with Crippen molar-refractivity contribution in [3.05, 3.63) is 23.3 Å². The van der Waals surface area contributed by atoms with Gasteiger partial charge in [0.05, 0.1) is 0 Å². The number of hydrogen-bond acceptors (Lipinski definition) is 3. The minimum Gasteiger partial charge on any atom is -0.444 e. The molecule has 4 heteroatoms. The molecule has 2 atom stereocenters. The molecule has 29 heavy (non-hydrogen) atoms. The van der Waals surface area contributed by atoms with E-state index in [4.69, 9.17) is 4.74 Å². The lowest BCUT2D eigenvalue weighted by molar-refractivity contribution is -0.114. The van der Waals surface area contributed by atoms with Crippen LogP contribution in [0, 0.1) is 11.3 Å². The van der Waals surface area contributed by atoms with Gasteiger partial charge in [0.15, 0.2) is 5.78 Å². The van der Waals surface area contributed by atoms with Crippen molar-refractivity contribution in [3.8, 4) is 0 Å². The van der Waals surface area contributed by atoms with Crippen molar-refractivity contribution < 1.29 is 14.3 Å². The lowest BCUT2D eigenvalue weighted by Crippen LogP contribution is -2.37. The number of ether oxygens (including phenoxy) is 1. The molecule has 1 saturated carbocycles. The van der Waals surface area contributed by atoms with E-state index in [2.05, 4.69) is 13.8 Å². The van der Waals surface area contributed by atoms with Crippen molar-refractivity contribution in [2.24, 2.45) is 11.3 Å². The number of rotatable bonds is 7. The molecule has 1 aliphatic heterocycles. The molecule has 164 valence electrons. The fourth-order valence-electron chi connectivity index (χ4n) is 4.34. The summed E-state index contributed by atoms with van der Waals surface area (Å²) in [5.41, 5.74) is 2.44. The molecule has 0 N–H and O–H groups in total. The monoisotopic (exact) mass is 403 g/mol. The zero-order chi connectivity index (χ0) is 21.7. The SMILES string of the molecule is CC(C)=C(C)C=CC(=O)CCCCC1CC12CCCN(C(=O)OC(C)(C)C)CC2. The maximum Gasteiger partial charge on any atom is 0.410 e. The van der Waals surface area contributed by atoms with Crippen LogP contribution in [0.15, 0.2) is 23.3 Å². The third-order valence-corrected chi connectivity index (χ3v) is 6.53. The second kappa shape index (κ2) is 9.95. The summed E-state index contributed by atoms with van der Waals surface area (Å²) >= 11 is 0. The van der Waals surface area contributed by atoms with Gasteiger partial charge in [-0.05, 0) is 97.5 Å². The van der Waals surface area contributed by atoms with Crippen molar-refractivity contribution in [2.75, 3.05) is 13.1 Å². The molecule has 2 aliphatic rings. The van der Waals surface area contributed by atoms with E-state index in [-0.39, 0.29) is 11.9 Å². The van der Waals surface area contributed by atoms with Gasteiger partial charge in [-0.3, -0.25) is 4.79 Å². The summed E-state index contributed by atoms with van der Waals surface area (Å²) in [5.74, 6) is 1.01. The number of allylic oxidation sites excluding steroid dienone is 4. The number of carbonyl (C=O) groups is 2. The second-order valence-electron chi connectivity index (χ2n) is 10.3. The fraction of sp³-hybridized carbons (Fsp3) is 0.760. The molecule has 1 saturated heterocycles. The Bertz CT molecular complexity index is 651. The predicted molar refractivity (Wildman–Crippen MR) is 119 cm³/mol. The van der Waals surface area contributed by atoms with Gasteiger partial charge in [0, 0.05) is 19.5 Å². The molecule has 1 spiro atoms. The fourth-order valence-corrected chi connectivity index (χ4v) is 4.34. The molecule has 0 bridgehead atoms. The number of carbonyl (C=O) groups excluding carboxylic acids is 2. The topological polar surface area (TPSA) is 46.6 Å². The Labute approximate surface area is 177 Å². The van der Waals surface area contributed by atoms with E-state index >= 15 is 0 Å². The van der Waals surface area contributed by atoms with Crippen LogP contribution in [0.2, 0.25) is 0 Å². The summed E-state index contributed by atoms with van der Waals surface area (Å²) in [4.78, 5) is 26.3. The molecule has 2 unspecified atom stereocenters. The summed E-state index contributed by atoms with van der Waals surface area (Å²) < 4.78 is 5.54. The third kappa shape index (κ3) is 7.64. The summed E-state index contributed by atoms with van der Waals surface area (Å²) in [5, 5.41) is 0. The van der Waals surface area contributed by atoms with Gasteiger partial charge in [-0.2, -0.15) is 0 Å². The zero-order valence-corrected chi connectivity index (χ0v) is 19.5. The molecule has 0 aromatic heterocycles. The average molecular weight is 404 g/mol. The van der Waals surface area contributed by atoms with Gasteiger partial charge in [0.1, 0.15) is 5.60 Å². The molecule has 2 fully saturated rings. The Morgan fingerprint density at radius 1 is 1.07 bits per heavy atom. The normalized spacial score (nSPS) is 24.5. The van der Waals surface area contributed by atoms with E-state index in [9.17, 15) is 9.59 Å². The first-order chi connectivity index (χ1) is 13.5. The maximum absolute atomic E-state index is 12.4.